The monoisotopic (exact) mass is 333 g/mol. The van der Waals surface area contributed by atoms with Gasteiger partial charge in [-0.15, -0.1) is 12.4 Å². The Balaban J connectivity index is 0.00000441. The van der Waals surface area contributed by atoms with Crippen LogP contribution in [0.25, 0.3) is 0 Å². The van der Waals surface area contributed by atoms with Crippen molar-refractivity contribution in [2.45, 2.75) is 0 Å². The van der Waals surface area contributed by atoms with Gasteiger partial charge in [-0.1, -0.05) is 0 Å². The van der Waals surface area contributed by atoms with E-state index in [1.807, 2.05) is 0 Å². The van der Waals surface area contributed by atoms with Crippen LogP contribution in [0.2, 0.25) is 0 Å². The van der Waals surface area contributed by atoms with Crippen molar-refractivity contribution < 1.29 is 34.1 Å². The molecule has 1 rings (SSSR count). The first-order valence-electron chi connectivity index (χ1n) is 5.95. The number of halogens is 1. The summed E-state index contributed by atoms with van der Waals surface area (Å²) >= 11 is 0. The van der Waals surface area contributed by atoms with Crippen LogP contribution in [0.4, 0.5) is 0 Å². The lowest BCUT2D eigenvalue weighted by Crippen LogP contribution is -2.19. The molecule has 0 radical (unpaired) electrons. The van der Waals surface area contributed by atoms with Crippen LogP contribution in [0.3, 0.4) is 0 Å². The first-order valence-corrected chi connectivity index (χ1v) is 5.95. The molecule has 0 aliphatic heterocycles. The summed E-state index contributed by atoms with van der Waals surface area (Å²) in [7, 11) is 1.62. The zero-order valence-electron chi connectivity index (χ0n) is 11.7. The number of ketones is 1. The second-order valence-corrected chi connectivity index (χ2v) is 3.98. The molecule has 0 saturated heterocycles. The molecular weight excluding hydrogens is 318 g/mol. The number of aliphatic carboxylic acids is 2. The van der Waals surface area contributed by atoms with Gasteiger partial charge in [0.2, 0.25) is 0 Å². The van der Waals surface area contributed by atoms with E-state index >= 15 is 0 Å². The lowest BCUT2D eigenvalue weighted by atomic mass is 10.1. The average molecular weight is 334 g/mol. The molecule has 0 spiro atoms. The second kappa shape index (κ2) is 9.59. The van der Waals surface area contributed by atoms with Crippen LogP contribution in [0.15, 0.2) is 18.2 Å². The minimum atomic E-state index is -1.20. The Labute approximate surface area is 132 Å². The topological polar surface area (TPSA) is 122 Å². The van der Waals surface area contributed by atoms with E-state index in [4.69, 9.17) is 19.7 Å². The summed E-state index contributed by atoms with van der Waals surface area (Å²) < 4.78 is 9.99. The predicted octanol–water partition coefficient (Wildman–Crippen LogP) is 0.437. The fourth-order valence-corrected chi connectivity index (χ4v) is 1.46. The summed E-state index contributed by atoms with van der Waals surface area (Å²) in [6, 6.07) is 4.13. The van der Waals surface area contributed by atoms with Crippen LogP contribution < -0.4 is 14.8 Å². The highest BCUT2D eigenvalue weighted by atomic mass is 35.5. The van der Waals surface area contributed by atoms with E-state index in [0.717, 1.165) is 0 Å². The number of carbonyl (C=O) groups excluding carboxylic acids is 1. The number of carboxylic acid groups (broad SMARTS) is 2. The third kappa shape index (κ3) is 6.42. The minimum Gasteiger partial charge on any atom is -0.479 e. The van der Waals surface area contributed by atoms with Crippen LogP contribution in [0.1, 0.15) is 10.4 Å². The SMILES string of the molecule is CNCC(=O)c1ccc(OCC(=O)O)c(OCC(=O)O)c1.Cl. The minimum absolute atomic E-state index is 0. The molecule has 0 heterocycles. The van der Waals surface area contributed by atoms with E-state index < -0.39 is 25.2 Å². The quantitative estimate of drug-likeness (QED) is 0.556. The molecule has 0 bridgehead atoms. The standard InChI is InChI=1S/C13H15NO7.ClH/c1-14-5-9(15)8-2-3-10(20-6-12(16)17)11(4-8)21-7-13(18)19;/h2-4,14H,5-7H2,1H3,(H,16,17)(H,18,19);1H. The summed E-state index contributed by atoms with van der Waals surface area (Å²) in [5, 5.41) is 19.9. The third-order valence-corrected chi connectivity index (χ3v) is 2.31. The van der Waals surface area contributed by atoms with Gasteiger partial charge < -0.3 is 25.0 Å². The number of Topliss-reactive ketones (excluding diaryl/α,β-unsaturated/α-hetero) is 1. The molecule has 0 fully saturated rings. The largest absolute Gasteiger partial charge is 0.479 e. The summed E-state index contributed by atoms with van der Waals surface area (Å²) in [4.78, 5) is 32.8. The second-order valence-electron chi connectivity index (χ2n) is 3.98. The zero-order chi connectivity index (χ0) is 15.8. The molecule has 1 aromatic rings. The molecule has 22 heavy (non-hydrogen) atoms. The summed E-state index contributed by atoms with van der Waals surface area (Å²) in [5.41, 5.74) is 0.299. The Kier molecular flexibility index (Phi) is 8.58. The first-order chi connectivity index (χ1) is 9.93. The zero-order valence-corrected chi connectivity index (χ0v) is 12.5. The molecule has 8 nitrogen and oxygen atoms in total. The van der Waals surface area contributed by atoms with Gasteiger partial charge in [-0.3, -0.25) is 4.79 Å². The lowest BCUT2D eigenvalue weighted by molar-refractivity contribution is -0.140. The van der Waals surface area contributed by atoms with Crippen LogP contribution in [-0.2, 0) is 9.59 Å². The van der Waals surface area contributed by atoms with Gasteiger partial charge in [0.05, 0.1) is 6.54 Å². The molecule has 1 aromatic carbocycles. The van der Waals surface area contributed by atoms with Crippen LogP contribution in [0.5, 0.6) is 11.5 Å². The van der Waals surface area contributed by atoms with Crippen molar-refractivity contribution in [1.29, 1.82) is 0 Å². The summed E-state index contributed by atoms with van der Waals surface area (Å²) in [6.07, 6.45) is 0. The molecule has 0 unspecified atom stereocenters. The van der Waals surface area contributed by atoms with Gasteiger partial charge in [0.1, 0.15) is 0 Å². The van der Waals surface area contributed by atoms with Gasteiger partial charge >= 0.3 is 11.9 Å². The highest BCUT2D eigenvalue weighted by Crippen LogP contribution is 2.28. The molecule has 9 heteroatoms. The molecule has 0 saturated carbocycles. The van der Waals surface area contributed by atoms with Crippen molar-refractivity contribution in [2.24, 2.45) is 0 Å². The molecule has 0 aromatic heterocycles. The average Bonchev–Trinajstić information content (AvgIpc) is 2.43. The Hall–Kier alpha value is -2.32. The normalized spacial score (nSPS) is 9.50. The number of benzene rings is 1. The first kappa shape index (κ1) is 19.7. The molecule has 0 atom stereocenters. The van der Waals surface area contributed by atoms with Gasteiger partial charge in [-0.05, 0) is 25.2 Å². The van der Waals surface area contributed by atoms with Crippen molar-refractivity contribution in [3.63, 3.8) is 0 Å². The smallest absolute Gasteiger partial charge is 0.341 e. The maximum absolute atomic E-state index is 11.7. The van der Waals surface area contributed by atoms with E-state index in [1.54, 1.807) is 7.05 Å². The van der Waals surface area contributed by atoms with Crippen molar-refractivity contribution in [1.82, 2.24) is 5.32 Å². The number of hydrogen-bond donors (Lipinski definition) is 3. The van der Waals surface area contributed by atoms with Crippen molar-refractivity contribution in [3.05, 3.63) is 23.8 Å². The predicted molar refractivity (Wildman–Crippen MR) is 78.2 cm³/mol. The van der Waals surface area contributed by atoms with E-state index in [2.05, 4.69) is 5.32 Å². The molecule has 0 aliphatic carbocycles. The Morgan fingerprint density at radius 3 is 2.09 bits per heavy atom. The number of nitrogens with one attached hydrogen (secondary N) is 1. The van der Waals surface area contributed by atoms with Crippen LogP contribution in [0, 0.1) is 0 Å². The molecule has 3 N–H and O–H groups in total. The fourth-order valence-electron chi connectivity index (χ4n) is 1.46. The highest BCUT2D eigenvalue weighted by molar-refractivity contribution is 5.98. The maximum atomic E-state index is 11.7. The third-order valence-electron chi connectivity index (χ3n) is 2.31. The molecule has 0 amide bonds. The number of likely N-dealkylation sites (N-methyl/N-ethyl adjacent to an activating group) is 1. The van der Waals surface area contributed by atoms with E-state index in [1.165, 1.54) is 18.2 Å². The maximum Gasteiger partial charge on any atom is 0.341 e. The highest BCUT2D eigenvalue weighted by Gasteiger charge is 2.13. The van der Waals surface area contributed by atoms with E-state index in [0.29, 0.717) is 5.56 Å². The number of carbonyl (C=O) groups is 3. The van der Waals surface area contributed by atoms with Gasteiger partial charge in [0, 0.05) is 5.56 Å². The van der Waals surface area contributed by atoms with E-state index in [9.17, 15) is 14.4 Å². The Morgan fingerprint density at radius 1 is 1.05 bits per heavy atom. The van der Waals surface area contributed by atoms with Crippen LogP contribution in [-0.4, -0.2) is 54.7 Å². The van der Waals surface area contributed by atoms with Gasteiger partial charge in [0.15, 0.2) is 30.5 Å². The molecular formula is C13H16ClNO7. The molecule has 122 valence electrons. The molecule has 0 aliphatic rings. The van der Waals surface area contributed by atoms with Gasteiger partial charge in [-0.25, -0.2) is 9.59 Å². The van der Waals surface area contributed by atoms with Crippen molar-refractivity contribution >= 4 is 30.1 Å². The van der Waals surface area contributed by atoms with Crippen LogP contribution >= 0.6 is 12.4 Å². The lowest BCUT2D eigenvalue weighted by Gasteiger charge is -2.12. The Bertz CT molecular complexity index is 547. The van der Waals surface area contributed by atoms with Crippen molar-refractivity contribution in [2.75, 3.05) is 26.8 Å². The van der Waals surface area contributed by atoms with E-state index in [-0.39, 0.29) is 36.2 Å². The Morgan fingerprint density at radius 2 is 1.59 bits per heavy atom. The van der Waals surface area contributed by atoms with Gasteiger partial charge in [-0.2, -0.15) is 0 Å². The van der Waals surface area contributed by atoms with Gasteiger partial charge in [0.25, 0.3) is 0 Å². The fraction of sp³-hybridized carbons (Fsp3) is 0.308. The number of ether oxygens (including phenoxy) is 2. The number of hydrogen-bond acceptors (Lipinski definition) is 6. The summed E-state index contributed by atoms with van der Waals surface area (Å²) in [6.45, 7) is -1.13. The number of rotatable bonds is 9. The van der Waals surface area contributed by atoms with Crippen molar-refractivity contribution in [3.8, 4) is 11.5 Å². The summed E-state index contributed by atoms with van der Waals surface area (Å²) in [5.74, 6) is -2.55. The number of carboxylic acids is 2.